The van der Waals surface area contributed by atoms with Crippen LogP contribution >= 0.6 is 0 Å². The number of rotatable bonds is 20. The van der Waals surface area contributed by atoms with Crippen LogP contribution < -0.4 is 5.32 Å². The molecule has 2 N–H and O–H groups in total. The van der Waals surface area contributed by atoms with Crippen LogP contribution in [0.4, 0.5) is 0 Å². The second-order valence-electron chi connectivity index (χ2n) is 9.03. The summed E-state index contributed by atoms with van der Waals surface area (Å²) in [4.78, 5) is 62.9. The van der Waals surface area contributed by atoms with E-state index in [4.69, 9.17) is 4.84 Å². The minimum Gasteiger partial charge on any atom is -0.480 e. The number of aliphatic carboxylic acids is 1. The molecule has 0 spiro atoms. The largest absolute Gasteiger partial charge is 0.480 e. The van der Waals surface area contributed by atoms with Crippen molar-refractivity contribution in [1.29, 1.82) is 0 Å². The van der Waals surface area contributed by atoms with Crippen molar-refractivity contribution in [1.82, 2.24) is 10.4 Å². The maximum Gasteiger partial charge on any atom is 0.333 e. The van der Waals surface area contributed by atoms with Gasteiger partial charge in [-0.25, -0.2) is 9.59 Å². The number of hydrogen-bond donors (Lipinski definition) is 2. The first-order chi connectivity index (χ1) is 16.3. The predicted octanol–water partition coefficient (Wildman–Crippen LogP) is 4.42. The van der Waals surface area contributed by atoms with Gasteiger partial charge in [-0.15, -0.1) is 5.06 Å². The lowest BCUT2D eigenvalue weighted by atomic mass is 10.0. The van der Waals surface area contributed by atoms with Gasteiger partial charge < -0.3 is 15.3 Å². The number of carbonyl (C=O) groups is 5. The highest BCUT2D eigenvalue weighted by molar-refractivity contribution is 6.01. The van der Waals surface area contributed by atoms with Crippen LogP contribution in [0.1, 0.15) is 122 Å². The molecule has 1 saturated heterocycles. The van der Waals surface area contributed by atoms with Gasteiger partial charge in [0.1, 0.15) is 6.04 Å². The van der Waals surface area contributed by atoms with E-state index in [2.05, 4.69) is 12.2 Å². The number of unbranched alkanes of at least 4 members (excludes halogenated alkanes) is 12. The Morgan fingerprint density at radius 2 is 1.29 bits per heavy atom. The number of carboxylic acid groups (broad SMARTS) is 1. The molecule has 0 aromatic rings. The van der Waals surface area contributed by atoms with E-state index in [1.54, 1.807) is 0 Å². The van der Waals surface area contributed by atoms with Gasteiger partial charge in [0.2, 0.25) is 5.91 Å². The summed E-state index contributed by atoms with van der Waals surface area (Å²) in [5, 5.41) is 12.2. The second kappa shape index (κ2) is 18.0. The molecule has 1 aliphatic heterocycles. The third kappa shape index (κ3) is 13.3. The van der Waals surface area contributed by atoms with Gasteiger partial charge in [-0.05, 0) is 12.8 Å². The predicted molar refractivity (Wildman–Crippen MR) is 126 cm³/mol. The van der Waals surface area contributed by atoms with E-state index in [9.17, 15) is 29.1 Å². The molecule has 9 heteroatoms. The van der Waals surface area contributed by atoms with Gasteiger partial charge in [0.25, 0.3) is 11.8 Å². The number of imide groups is 1. The summed E-state index contributed by atoms with van der Waals surface area (Å²) in [7, 11) is 0. The van der Waals surface area contributed by atoms with Crippen LogP contribution in [0.15, 0.2) is 0 Å². The summed E-state index contributed by atoms with van der Waals surface area (Å²) in [6.07, 6.45) is 15.3. The average molecular weight is 483 g/mol. The first-order valence-corrected chi connectivity index (χ1v) is 12.9. The lowest BCUT2D eigenvalue weighted by Crippen LogP contribution is -2.41. The Morgan fingerprint density at radius 3 is 1.76 bits per heavy atom. The molecule has 34 heavy (non-hydrogen) atoms. The first-order valence-electron chi connectivity index (χ1n) is 12.9. The second-order valence-corrected chi connectivity index (χ2v) is 9.03. The summed E-state index contributed by atoms with van der Waals surface area (Å²) in [5.41, 5.74) is 0. The standard InChI is InChI=1S/C25H42N2O7/c1-2-3-4-5-6-7-8-9-10-11-12-13-14-15-21(28)26-20(25(32)33)16-19-24(31)34-27-22(29)17-18-23(27)30/h20H,2-19H2,1H3,(H,26,28)(H,32,33)/t20-/m0/s1. The van der Waals surface area contributed by atoms with Gasteiger partial charge in [-0.2, -0.15) is 0 Å². The lowest BCUT2D eigenvalue weighted by molar-refractivity contribution is -0.197. The highest BCUT2D eigenvalue weighted by atomic mass is 16.7. The van der Waals surface area contributed by atoms with Crippen molar-refractivity contribution in [2.45, 2.75) is 129 Å². The van der Waals surface area contributed by atoms with Crippen LogP contribution in [0, 0.1) is 0 Å². The molecule has 3 amide bonds. The van der Waals surface area contributed by atoms with Crippen LogP contribution in [0.3, 0.4) is 0 Å². The molecule has 1 rings (SSSR count). The van der Waals surface area contributed by atoms with E-state index in [0.717, 1.165) is 19.3 Å². The van der Waals surface area contributed by atoms with E-state index in [1.807, 2.05) is 0 Å². The Kier molecular flexibility index (Phi) is 15.6. The average Bonchev–Trinajstić information content (AvgIpc) is 3.11. The molecule has 0 aliphatic carbocycles. The number of carboxylic acids is 1. The number of carbonyl (C=O) groups excluding carboxylic acids is 4. The maximum atomic E-state index is 12.1. The van der Waals surface area contributed by atoms with Crippen molar-refractivity contribution in [3.8, 4) is 0 Å². The molecule has 0 unspecified atom stereocenters. The van der Waals surface area contributed by atoms with Gasteiger partial charge in [-0.1, -0.05) is 84.0 Å². The van der Waals surface area contributed by atoms with Crippen LogP contribution in [-0.4, -0.2) is 45.9 Å². The van der Waals surface area contributed by atoms with Crippen molar-refractivity contribution >= 4 is 29.7 Å². The summed E-state index contributed by atoms with van der Waals surface area (Å²) >= 11 is 0. The molecule has 1 atom stereocenters. The molecular weight excluding hydrogens is 440 g/mol. The molecular formula is C25H42N2O7. The molecule has 0 aromatic heterocycles. The minimum absolute atomic E-state index is 0.0148. The first kappa shape index (κ1) is 29.6. The molecule has 1 aliphatic rings. The summed E-state index contributed by atoms with van der Waals surface area (Å²) in [5.74, 6) is -3.70. The molecule has 0 bridgehead atoms. The summed E-state index contributed by atoms with van der Waals surface area (Å²) < 4.78 is 0. The van der Waals surface area contributed by atoms with E-state index < -0.39 is 29.8 Å². The zero-order valence-corrected chi connectivity index (χ0v) is 20.6. The molecule has 194 valence electrons. The Hall–Kier alpha value is -2.45. The fourth-order valence-corrected chi connectivity index (χ4v) is 3.89. The Balaban J connectivity index is 2.08. The fraction of sp³-hybridized carbons (Fsp3) is 0.800. The van der Waals surface area contributed by atoms with E-state index in [0.29, 0.717) is 11.5 Å². The Morgan fingerprint density at radius 1 is 0.824 bits per heavy atom. The lowest BCUT2D eigenvalue weighted by Gasteiger charge is -2.16. The normalized spacial score (nSPS) is 14.3. The van der Waals surface area contributed by atoms with Crippen molar-refractivity contribution in [2.24, 2.45) is 0 Å². The van der Waals surface area contributed by atoms with Crippen LogP contribution in [0.2, 0.25) is 0 Å². The van der Waals surface area contributed by atoms with Crippen molar-refractivity contribution in [3.05, 3.63) is 0 Å². The molecule has 1 heterocycles. The van der Waals surface area contributed by atoms with E-state index >= 15 is 0 Å². The number of nitrogens with zero attached hydrogens (tertiary/aromatic N) is 1. The molecule has 0 radical (unpaired) electrons. The number of hydrogen-bond acceptors (Lipinski definition) is 6. The monoisotopic (exact) mass is 482 g/mol. The van der Waals surface area contributed by atoms with Crippen LogP contribution in [-0.2, 0) is 28.8 Å². The smallest absolute Gasteiger partial charge is 0.333 e. The zero-order chi connectivity index (χ0) is 25.2. The minimum atomic E-state index is -1.25. The molecule has 9 nitrogen and oxygen atoms in total. The summed E-state index contributed by atoms with van der Waals surface area (Å²) in [6.45, 7) is 2.23. The third-order valence-corrected chi connectivity index (χ3v) is 5.98. The fourth-order valence-electron chi connectivity index (χ4n) is 3.89. The molecule has 0 saturated carbocycles. The van der Waals surface area contributed by atoms with Crippen LogP contribution in [0.25, 0.3) is 0 Å². The van der Waals surface area contributed by atoms with Crippen molar-refractivity contribution in [3.63, 3.8) is 0 Å². The van der Waals surface area contributed by atoms with E-state index in [-0.39, 0.29) is 38.0 Å². The van der Waals surface area contributed by atoms with Crippen molar-refractivity contribution < 1.29 is 33.9 Å². The summed E-state index contributed by atoms with van der Waals surface area (Å²) in [6, 6.07) is -1.23. The Bertz CT molecular complexity index is 650. The van der Waals surface area contributed by atoms with Crippen molar-refractivity contribution in [2.75, 3.05) is 0 Å². The molecule has 1 fully saturated rings. The van der Waals surface area contributed by atoms with Gasteiger partial charge in [0, 0.05) is 19.3 Å². The van der Waals surface area contributed by atoms with Gasteiger partial charge in [0.15, 0.2) is 0 Å². The number of hydroxylamine groups is 2. The van der Waals surface area contributed by atoms with Gasteiger partial charge in [0.05, 0.1) is 6.42 Å². The topological polar surface area (TPSA) is 130 Å². The Labute approximate surface area is 202 Å². The maximum absolute atomic E-state index is 12.1. The highest BCUT2D eigenvalue weighted by Crippen LogP contribution is 2.14. The third-order valence-electron chi connectivity index (χ3n) is 5.98. The molecule has 0 aromatic carbocycles. The van der Waals surface area contributed by atoms with Gasteiger partial charge in [-0.3, -0.25) is 14.4 Å². The quantitative estimate of drug-likeness (QED) is 0.194. The SMILES string of the molecule is CCCCCCCCCCCCCCCC(=O)N[C@@H](CCC(=O)ON1C(=O)CCC1=O)C(=O)O. The van der Waals surface area contributed by atoms with E-state index in [1.165, 1.54) is 57.8 Å². The highest BCUT2D eigenvalue weighted by Gasteiger charge is 2.33. The van der Waals surface area contributed by atoms with Crippen LogP contribution in [0.5, 0.6) is 0 Å². The number of nitrogens with one attached hydrogen (secondary N) is 1. The zero-order valence-electron chi connectivity index (χ0n) is 20.6. The van der Waals surface area contributed by atoms with Gasteiger partial charge >= 0.3 is 11.9 Å². The number of amides is 3.